The van der Waals surface area contributed by atoms with Gasteiger partial charge in [0.25, 0.3) is 0 Å². The van der Waals surface area contributed by atoms with E-state index in [1.165, 1.54) is 20.8 Å². The number of fused-ring (bicyclic) bond motifs is 3. The second-order valence-electron chi connectivity index (χ2n) is 12.4. The van der Waals surface area contributed by atoms with Gasteiger partial charge in [-0.2, -0.15) is 0 Å². The summed E-state index contributed by atoms with van der Waals surface area (Å²) in [5, 5.41) is 11.5. The zero-order valence-electron chi connectivity index (χ0n) is 23.3. The van der Waals surface area contributed by atoms with E-state index in [0.29, 0.717) is 0 Å². The van der Waals surface area contributed by atoms with Gasteiger partial charge in [0.2, 0.25) is 0 Å². The highest BCUT2D eigenvalue weighted by Gasteiger charge is 2.81. The summed E-state index contributed by atoms with van der Waals surface area (Å²) < 4.78 is 22.6. The fourth-order valence-electron chi connectivity index (χ4n) is 8.71. The third-order valence-corrected chi connectivity index (χ3v) is 9.36. The quantitative estimate of drug-likeness (QED) is 0.309. The summed E-state index contributed by atoms with van der Waals surface area (Å²) in [5.41, 5.74) is -6.09. The van der Waals surface area contributed by atoms with Crippen LogP contribution in [0, 0.1) is 28.1 Å². The highest BCUT2D eigenvalue weighted by molar-refractivity contribution is 6.10. The van der Waals surface area contributed by atoms with Crippen LogP contribution in [0.15, 0.2) is 12.2 Å². The number of hydrogen-bond acceptors (Lipinski definition) is 11. The molecule has 4 saturated carbocycles. The molecular formula is C28H36O11. The van der Waals surface area contributed by atoms with Crippen LogP contribution in [-0.2, 0) is 47.7 Å². The summed E-state index contributed by atoms with van der Waals surface area (Å²) in [7, 11) is 0. The number of Topliss-reactive ketones (excluding diaryl/α,β-unsaturated/α-hetero) is 2. The van der Waals surface area contributed by atoms with Gasteiger partial charge in [-0.05, 0) is 18.3 Å². The van der Waals surface area contributed by atoms with Gasteiger partial charge in [-0.3, -0.25) is 28.8 Å². The van der Waals surface area contributed by atoms with Crippen molar-refractivity contribution >= 4 is 35.4 Å². The van der Waals surface area contributed by atoms with Crippen LogP contribution in [0.4, 0.5) is 0 Å². The molecule has 0 radical (unpaired) electrons. The summed E-state index contributed by atoms with van der Waals surface area (Å²) in [4.78, 5) is 77.5. The second kappa shape index (κ2) is 8.97. The number of hydrogen-bond donors (Lipinski definition) is 1. The number of rotatable bonds is 4. The maximum absolute atomic E-state index is 14.5. The summed E-state index contributed by atoms with van der Waals surface area (Å²) >= 11 is 0. The van der Waals surface area contributed by atoms with Crippen LogP contribution < -0.4 is 0 Å². The molecule has 4 rings (SSSR count). The first kappa shape index (κ1) is 28.9. The molecule has 11 heteroatoms. The van der Waals surface area contributed by atoms with E-state index in [0.717, 1.165) is 6.92 Å². The Bertz CT molecular complexity index is 1190. The van der Waals surface area contributed by atoms with E-state index < -0.39 is 93.5 Å². The van der Waals surface area contributed by atoms with Gasteiger partial charge < -0.3 is 24.1 Å². The molecule has 9 atom stereocenters. The lowest BCUT2D eigenvalue weighted by Crippen LogP contribution is -2.75. The van der Waals surface area contributed by atoms with E-state index in [1.807, 2.05) is 0 Å². The van der Waals surface area contributed by atoms with Gasteiger partial charge in [-0.1, -0.05) is 27.4 Å². The maximum Gasteiger partial charge on any atom is 0.303 e. The number of esters is 4. The molecule has 0 aromatic rings. The van der Waals surface area contributed by atoms with Crippen molar-refractivity contribution in [1.29, 1.82) is 0 Å². The average Bonchev–Trinajstić information content (AvgIpc) is 2.90. The molecule has 39 heavy (non-hydrogen) atoms. The minimum atomic E-state index is -1.78. The first-order valence-electron chi connectivity index (χ1n) is 13.0. The van der Waals surface area contributed by atoms with Crippen molar-refractivity contribution in [1.82, 2.24) is 0 Å². The van der Waals surface area contributed by atoms with Crippen molar-refractivity contribution in [3.63, 3.8) is 0 Å². The van der Waals surface area contributed by atoms with E-state index in [2.05, 4.69) is 6.58 Å². The van der Waals surface area contributed by atoms with Gasteiger partial charge >= 0.3 is 23.9 Å². The molecule has 1 spiro atoms. The highest BCUT2D eigenvalue weighted by atomic mass is 16.6. The summed E-state index contributed by atoms with van der Waals surface area (Å²) in [6, 6.07) is 0. The molecule has 214 valence electrons. The molecule has 0 unspecified atom stereocenters. The first-order chi connectivity index (χ1) is 17.8. The fourth-order valence-corrected chi connectivity index (χ4v) is 8.71. The molecule has 1 N–H and O–H groups in total. The second-order valence-corrected chi connectivity index (χ2v) is 12.4. The molecule has 0 saturated heterocycles. The standard InChI is InChI=1S/C28H36O11/c1-12-22(34)28-11-27(12,35)10-17(36-13(2)29)20(28)26(8)9-18(37-14(3)30)23(38-15(4)31)25(6,7)21(26)19(33)24(28)39-16(5)32/h17-18,20-21,23-24,35H,1,9-11H2,2-8H3/t17-,18-,20-,21+,23-,24-,26-,27-,28-/m0/s1. The number of aliphatic hydroxyl groups is 1. The highest BCUT2D eigenvalue weighted by Crippen LogP contribution is 2.72. The van der Waals surface area contributed by atoms with Crippen molar-refractivity contribution in [2.24, 2.45) is 28.1 Å². The van der Waals surface area contributed by atoms with Crippen LogP contribution >= 0.6 is 0 Å². The Morgan fingerprint density at radius 3 is 1.85 bits per heavy atom. The molecule has 4 aliphatic carbocycles. The largest absolute Gasteiger partial charge is 0.462 e. The van der Waals surface area contributed by atoms with Crippen molar-refractivity contribution < 1.29 is 52.8 Å². The lowest BCUT2D eigenvalue weighted by molar-refractivity contribution is -0.262. The fraction of sp³-hybridized carbons (Fsp3) is 0.714. The number of carbonyl (C=O) groups excluding carboxylic acids is 6. The zero-order valence-corrected chi connectivity index (χ0v) is 23.3. The minimum Gasteiger partial charge on any atom is -0.462 e. The molecule has 0 heterocycles. The van der Waals surface area contributed by atoms with Crippen LogP contribution in [0.5, 0.6) is 0 Å². The maximum atomic E-state index is 14.5. The molecule has 2 bridgehead atoms. The summed E-state index contributed by atoms with van der Waals surface area (Å²) in [6.07, 6.45) is -5.16. The van der Waals surface area contributed by atoms with E-state index in [4.69, 9.17) is 18.9 Å². The van der Waals surface area contributed by atoms with Gasteiger partial charge in [0, 0.05) is 56.9 Å². The van der Waals surface area contributed by atoms with Gasteiger partial charge in [-0.25, -0.2) is 0 Å². The Balaban J connectivity index is 2.02. The Hall–Kier alpha value is -3.08. The van der Waals surface area contributed by atoms with Crippen LogP contribution in [0.1, 0.15) is 67.7 Å². The Morgan fingerprint density at radius 2 is 1.33 bits per heavy atom. The van der Waals surface area contributed by atoms with E-state index >= 15 is 0 Å². The number of carbonyl (C=O) groups is 6. The van der Waals surface area contributed by atoms with Crippen LogP contribution in [0.2, 0.25) is 0 Å². The first-order valence-corrected chi connectivity index (χ1v) is 13.0. The monoisotopic (exact) mass is 548 g/mol. The van der Waals surface area contributed by atoms with Crippen LogP contribution in [0.3, 0.4) is 0 Å². The van der Waals surface area contributed by atoms with Gasteiger partial charge in [-0.15, -0.1) is 0 Å². The SMILES string of the molecule is C=C1C(=O)[C@]23C[C@@]1(O)C[C@H](OC(C)=O)[C@H]2[C@]1(C)C[C@H](OC(C)=O)[C@H](OC(C)=O)C(C)(C)[C@H]1C(=O)[C@@H]3OC(C)=O. The molecular weight excluding hydrogens is 512 g/mol. The third-order valence-electron chi connectivity index (χ3n) is 9.36. The third kappa shape index (κ3) is 4.03. The van der Waals surface area contributed by atoms with Gasteiger partial charge in [0.1, 0.15) is 18.3 Å². The molecule has 0 aliphatic heterocycles. The molecule has 0 aromatic carbocycles. The summed E-state index contributed by atoms with van der Waals surface area (Å²) in [5.74, 6) is -5.90. The van der Waals surface area contributed by atoms with Crippen molar-refractivity contribution in [2.75, 3.05) is 0 Å². The van der Waals surface area contributed by atoms with E-state index in [-0.39, 0.29) is 24.8 Å². The van der Waals surface area contributed by atoms with Crippen molar-refractivity contribution in [3.05, 3.63) is 12.2 Å². The topological polar surface area (TPSA) is 160 Å². The number of ether oxygens (including phenoxy) is 4. The minimum absolute atomic E-state index is 0.0283. The lowest BCUT2D eigenvalue weighted by Gasteiger charge is -2.66. The van der Waals surface area contributed by atoms with Crippen LogP contribution in [-0.4, -0.2) is 70.6 Å². The van der Waals surface area contributed by atoms with E-state index in [1.54, 1.807) is 20.8 Å². The molecule has 0 aromatic heterocycles. The Morgan fingerprint density at radius 1 is 0.821 bits per heavy atom. The summed E-state index contributed by atoms with van der Waals surface area (Å²) in [6.45, 7) is 13.7. The molecule has 0 amide bonds. The normalized spacial score (nSPS) is 42.1. The molecule has 4 aliphatic rings. The zero-order chi connectivity index (χ0) is 29.5. The predicted octanol–water partition coefficient (Wildman–Crippen LogP) is 1.61. The van der Waals surface area contributed by atoms with Crippen molar-refractivity contribution in [3.8, 4) is 0 Å². The predicted molar refractivity (Wildman–Crippen MR) is 131 cm³/mol. The van der Waals surface area contributed by atoms with Crippen molar-refractivity contribution in [2.45, 2.75) is 97.7 Å². The number of ketones is 2. The van der Waals surface area contributed by atoms with Gasteiger partial charge in [0.05, 0.1) is 11.0 Å². The Kier molecular flexibility index (Phi) is 6.65. The van der Waals surface area contributed by atoms with Gasteiger partial charge in [0.15, 0.2) is 17.7 Å². The molecule has 11 nitrogen and oxygen atoms in total. The Labute approximate surface area is 226 Å². The van der Waals surface area contributed by atoms with Crippen LogP contribution in [0.25, 0.3) is 0 Å². The average molecular weight is 549 g/mol. The smallest absolute Gasteiger partial charge is 0.303 e. The van der Waals surface area contributed by atoms with E-state index in [9.17, 15) is 33.9 Å². The molecule has 4 fully saturated rings. The lowest BCUT2D eigenvalue weighted by atomic mass is 9.38.